The van der Waals surface area contributed by atoms with Crippen LogP contribution in [0.4, 0.5) is 5.69 Å². The van der Waals surface area contributed by atoms with Crippen LogP contribution in [0.15, 0.2) is 30.9 Å². The van der Waals surface area contributed by atoms with E-state index in [1.54, 1.807) is 0 Å². The molecule has 0 spiro atoms. The van der Waals surface area contributed by atoms with E-state index in [0.29, 0.717) is 5.56 Å². The molecule has 1 rings (SSSR count). The minimum atomic E-state index is 0.713. The molecule has 0 aliphatic carbocycles. The van der Waals surface area contributed by atoms with Crippen molar-refractivity contribution in [1.29, 1.82) is 5.26 Å². The quantitative estimate of drug-likeness (QED) is 0.565. The van der Waals surface area contributed by atoms with Crippen molar-refractivity contribution in [3.05, 3.63) is 42.0 Å². The van der Waals surface area contributed by atoms with Gasteiger partial charge in [-0.1, -0.05) is 18.6 Å². The molecule has 1 N–H and O–H groups in total. The maximum absolute atomic E-state index is 8.83. The summed E-state index contributed by atoms with van der Waals surface area (Å²) < 4.78 is 0. The molecule has 0 bridgehead atoms. The van der Waals surface area contributed by atoms with Gasteiger partial charge in [0.05, 0.1) is 11.6 Å². The van der Waals surface area contributed by atoms with E-state index in [-0.39, 0.29) is 0 Å². The van der Waals surface area contributed by atoms with Gasteiger partial charge in [0.2, 0.25) is 0 Å². The number of hydrogen-bond donors (Lipinski definition) is 1. The summed E-state index contributed by atoms with van der Waals surface area (Å²) in [6.45, 7) is 6.73. The fraction of sp³-hybridized carbons (Fsp3) is 0.400. The Morgan fingerprint density at radius 2 is 2.18 bits per heavy atom. The molecule has 17 heavy (non-hydrogen) atoms. The summed E-state index contributed by atoms with van der Waals surface area (Å²) in [4.78, 5) is 0. The Morgan fingerprint density at radius 1 is 1.35 bits per heavy atom. The lowest BCUT2D eigenvalue weighted by atomic mass is 10.1. The van der Waals surface area contributed by atoms with Gasteiger partial charge in [-0.3, -0.25) is 0 Å². The summed E-state index contributed by atoms with van der Waals surface area (Å²) >= 11 is 0. The summed E-state index contributed by atoms with van der Waals surface area (Å²) in [7, 11) is 0. The normalized spacial score (nSPS) is 9.65. The molecule has 0 aliphatic heterocycles. The molecule has 0 fully saturated rings. The number of unbranched alkanes of at least 4 members (excludes halogenated alkanes) is 3. The summed E-state index contributed by atoms with van der Waals surface area (Å²) in [5.41, 5.74) is 2.98. The highest BCUT2D eigenvalue weighted by Gasteiger charge is 1.99. The van der Waals surface area contributed by atoms with Gasteiger partial charge in [0, 0.05) is 12.2 Å². The molecule has 0 aliphatic rings. The van der Waals surface area contributed by atoms with Crippen LogP contribution in [0.5, 0.6) is 0 Å². The Bertz CT molecular complexity index is 402. The van der Waals surface area contributed by atoms with E-state index < -0.39 is 0 Å². The Hall–Kier alpha value is -1.75. The molecule has 0 saturated heterocycles. The second-order valence-electron chi connectivity index (χ2n) is 4.21. The molecule has 0 heterocycles. The third-order valence-electron chi connectivity index (χ3n) is 2.77. The van der Waals surface area contributed by atoms with Crippen LogP contribution in [-0.4, -0.2) is 6.54 Å². The summed E-state index contributed by atoms with van der Waals surface area (Å²) in [6.07, 6.45) is 6.65. The fourth-order valence-electron chi connectivity index (χ4n) is 1.70. The van der Waals surface area contributed by atoms with Crippen LogP contribution in [0.3, 0.4) is 0 Å². The highest BCUT2D eigenvalue weighted by Crippen LogP contribution is 2.16. The molecular formula is C15H20N2. The average molecular weight is 228 g/mol. The van der Waals surface area contributed by atoms with Crippen molar-refractivity contribution in [1.82, 2.24) is 0 Å². The average Bonchev–Trinajstić information content (AvgIpc) is 2.35. The van der Waals surface area contributed by atoms with E-state index in [1.165, 1.54) is 18.4 Å². The Kier molecular flexibility index (Phi) is 5.88. The van der Waals surface area contributed by atoms with Crippen molar-refractivity contribution in [2.75, 3.05) is 11.9 Å². The Balaban J connectivity index is 2.36. The molecule has 0 amide bonds. The summed E-state index contributed by atoms with van der Waals surface area (Å²) in [5, 5.41) is 12.2. The maximum Gasteiger partial charge on any atom is 0.0992 e. The minimum absolute atomic E-state index is 0.713. The first kappa shape index (κ1) is 13.3. The van der Waals surface area contributed by atoms with Crippen LogP contribution in [0.1, 0.15) is 36.8 Å². The van der Waals surface area contributed by atoms with Crippen molar-refractivity contribution in [3.8, 4) is 6.07 Å². The monoisotopic (exact) mass is 228 g/mol. The zero-order chi connectivity index (χ0) is 12.5. The Labute approximate surface area is 104 Å². The van der Waals surface area contributed by atoms with Crippen molar-refractivity contribution >= 4 is 5.69 Å². The molecule has 1 aromatic carbocycles. The lowest BCUT2D eigenvalue weighted by molar-refractivity contribution is 0.708. The molecule has 2 heteroatoms. The Morgan fingerprint density at radius 3 is 2.88 bits per heavy atom. The SMILES string of the molecule is C=CCCCCCNc1cc(C#N)ccc1C. The van der Waals surface area contributed by atoms with Gasteiger partial charge in [-0.2, -0.15) is 5.26 Å². The maximum atomic E-state index is 8.83. The molecule has 0 radical (unpaired) electrons. The van der Waals surface area contributed by atoms with E-state index in [2.05, 4.69) is 24.9 Å². The molecular weight excluding hydrogens is 208 g/mol. The van der Waals surface area contributed by atoms with Crippen molar-refractivity contribution in [2.24, 2.45) is 0 Å². The zero-order valence-corrected chi connectivity index (χ0v) is 10.5. The van der Waals surface area contributed by atoms with Gasteiger partial charge < -0.3 is 5.32 Å². The van der Waals surface area contributed by atoms with E-state index in [0.717, 1.165) is 25.1 Å². The van der Waals surface area contributed by atoms with Crippen LogP contribution < -0.4 is 5.32 Å². The predicted octanol–water partition coefficient (Wildman–Crippen LogP) is 4.03. The topological polar surface area (TPSA) is 35.8 Å². The summed E-state index contributed by atoms with van der Waals surface area (Å²) in [6, 6.07) is 7.91. The molecule has 0 unspecified atom stereocenters. The van der Waals surface area contributed by atoms with E-state index >= 15 is 0 Å². The van der Waals surface area contributed by atoms with Gasteiger partial charge in [0.15, 0.2) is 0 Å². The number of nitrogens with one attached hydrogen (secondary N) is 1. The predicted molar refractivity (Wildman–Crippen MR) is 73.0 cm³/mol. The number of nitrogens with zero attached hydrogens (tertiary/aromatic N) is 1. The molecule has 1 aromatic rings. The first-order chi connectivity index (χ1) is 8.27. The number of hydrogen-bond acceptors (Lipinski definition) is 2. The third kappa shape index (κ3) is 4.74. The van der Waals surface area contributed by atoms with Gasteiger partial charge in [-0.25, -0.2) is 0 Å². The molecule has 2 nitrogen and oxygen atoms in total. The van der Waals surface area contributed by atoms with E-state index in [4.69, 9.17) is 5.26 Å². The van der Waals surface area contributed by atoms with Crippen LogP contribution >= 0.6 is 0 Å². The standard InChI is InChI=1S/C15H20N2/c1-3-4-5-6-7-10-17-15-11-14(12-16)9-8-13(15)2/h3,8-9,11,17H,1,4-7,10H2,2H3. The highest BCUT2D eigenvalue weighted by atomic mass is 14.9. The van der Waals surface area contributed by atoms with Gasteiger partial charge in [0.25, 0.3) is 0 Å². The van der Waals surface area contributed by atoms with Crippen LogP contribution in [-0.2, 0) is 0 Å². The van der Waals surface area contributed by atoms with Gasteiger partial charge in [0.1, 0.15) is 0 Å². The van der Waals surface area contributed by atoms with Gasteiger partial charge in [-0.05, 0) is 43.9 Å². The summed E-state index contributed by atoms with van der Waals surface area (Å²) in [5.74, 6) is 0. The number of anilines is 1. The van der Waals surface area contributed by atoms with Crippen molar-refractivity contribution in [2.45, 2.75) is 32.6 Å². The highest BCUT2D eigenvalue weighted by molar-refractivity contribution is 5.55. The number of nitriles is 1. The van der Waals surface area contributed by atoms with Crippen LogP contribution in [0.2, 0.25) is 0 Å². The third-order valence-corrected chi connectivity index (χ3v) is 2.77. The van der Waals surface area contributed by atoms with Gasteiger partial charge in [-0.15, -0.1) is 6.58 Å². The minimum Gasteiger partial charge on any atom is -0.385 e. The molecule has 0 saturated carbocycles. The van der Waals surface area contributed by atoms with Crippen LogP contribution in [0, 0.1) is 18.3 Å². The molecule has 0 atom stereocenters. The van der Waals surface area contributed by atoms with Crippen LogP contribution in [0.25, 0.3) is 0 Å². The molecule has 0 aromatic heterocycles. The van der Waals surface area contributed by atoms with Crippen molar-refractivity contribution < 1.29 is 0 Å². The number of allylic oxidation sites excluding steroid dienone is 1. The van der Waals surface area contributed by atoms with E-state index in [9.17, 15) is 0 Å². The lowest BCUT2D eigenvalue weighted by Crippen LogP contribution is -2.03. The zero-order valence-electron chi connectivity index (χ0n) is 10.5. The number of rotatable bonds is 7. The number of aryl methyl sites for hydroxylation is 1. The van der Waals surface area contributed by atoms with E-state index in [1.807, 2.05) is 24.3 Å². The number of benzene rings is 1. The first-order valence-corrected chi connectivity index (χ1v) is 6.13. The molecule has 90 valence electrons. The van der Waals surface area contributed by atoms with Crippen molar-refractivity contribution in [3.63, 3.8) is 0 Å². The largest absolute Gasteiger partial charge is 0.385 e. The smallest absolute Gasteiger partial charge is 0.0992 e. The second-order valence-corrected chi connectivity index (χ2v) is 4.21. The second kappa shape index (κ2) is 7.51. The van der Waals surface area contributed by atoms with Gasteiger partial charge >= 0.3 is 0 Å². The first-order valence-electron chi connectivity index (χ1n) is 6.13. The lowest BCUT2D eigenvalue weighted by Gasteiger charge is -2.09. The fourth-order valence-corrected chi connectivity index (χ4v) is 1.70.